The zero-order valence-corrected chi connectivity index (χ0v) is 29.4. The van der Waals surface area contributed by atoms with Crippen molar-refractivity contribution in [3.05, 3.63) is 60.3 Å². The number of carbonyl (C=O) groups is 1. The number of hydrogen-bond donors (Lipinski definition) is 1. The van der Waals surface area contributed by atoms with E-state index < -0.39 is 15.8 Å². The molecule has 0 unspecified atom stereocenters. The van der Waals surface area contributed by atoms with E-state index in [0.717, 1.165) is 77.7 Å². The number of rotatable bonds is 11. The number of halogens is 1. The third-order valence-corrected chi connectivity index (χ3v) is 11.9. The Morgan fingerprint density at radius 3 is 2.55 bits per heavy atom. The highest BCUT2D eigenvalue weighted by molar-refractivity contribution is 7.89. The average Bonchev–Trinajstić information content (AvgIpc) is 3.56. The van der Waals surface area contributed by atoms with E-state index in [1.165, 1.54) is 36.8 Å². The summed E-state index contributed by atoms with van der Waals surface area (Å²) in [5.41, 5.74) is 0.419. The van der Waals surface area contributed by atoms with Crippen molar-refractivity contribution < 1.29 is 22.3 Å². The van der Waals surface area contributed by atoms with Gasteiger partial charge in [0.2, 0.25) is 0 Å². The molecular formula is C35H47FN8O4S. The molecule has 1 N–H and O–H groups in total. The third kappa shape index (κ3) is 8.18. The van der Waals surface area contributed by atoms with E-state index in [1.807, 2.05) is 20.8 Å². The molecule has 0 radical (unpaired) electrons. The molecule has 1 atom stereocenters. The summed E-state index contributed by atoms with van der Waals surface area (Å²) in [6.45, 7) is 10.9. The van der Waals surface area contributed by atoms with Gasteiger partial charge in [0.05, 0.1) is 5.56 Å². The molecule has 1 aromatic carbocycles. The fraction of sp³-hybridized carbons (Fsp3) is 0.571. The Morgan fingerprint density at radius 2 is 1.86 bits per heavy atom. The van der Waals surface area contributed by atoms with Crippen molar-refractivity contribution in [2.45, 2.75) is 82.8 Å². The van der Waals surface area contributed by atoms with Gasteiger partial charge in [-0.25, -0.2) is 27.5 Å². The van der Waals surface area contributed by atoms with Gasteiger partial charge in [0.15, 0.2) is 10.8 Å². The van der Waals surface area contributed by atoms with Crippen LogP contribution in [0.3, 0.4) is 0 Å². The molecular weight excluding hydrogens is 648 g/mol. The molecule has 4 heterocycles. The maximum absolute atomic E-state index is 14.3. The van der Waals surface area contributed by atoms with E-state index in [-0.39, 0.29) is 45.6 Å². The lowest BCUT2D eigenvalue weighted by molar-refractivity contribution is 0.0551. The number of sulfonamides is 1. The van der Waals surface area contributed by atoms with Crippen molar-refractivity contribution >= 4 is 21.7 Å². The Hall–Kier alpha value is -3.75. The lowest BCUT2D eigenvalue weighted by atomic mass is 9.67. The largest absolute Gasteiger partial charge is 0.434 e. The van der Waals surface area contributed by atoms with Crippen LogP contribution in [0.5, 0.6) is 11.6 Å². The second-order valence-electron chi connectivity index (χ2n) is 14.0. The van der Waals surface area contributed by atoms with E-state index in [9.17, 15) is 17.6 Å². The Balaban J connectivity index is 1.02. The van der Waals surface area contributed by atoms with E-state index in [1.54, 1.807) is 17.0 Å². The second kappa shape index (κ2) is 15.0. The molecule has 14 heteroatoms. The van der Waals surface area contributed by atoms with Crippen LogP contribution in [0.25, 0.3) is 0 Å². The molecule has 1 aliphatic carbocycles. The monoisotopic (exact) mass is 694 g/mol. The smallest absolute Gasteiger partial charge is 0.282 e. The van der Waals surface area contributed by atoms with E-state index in [0.29, 0.717) is 18.3 Å². The lowest BCUT2D eigenvalue weighted by Crippen LogP contribution is -2.46. The summed E-state index contributed by atoms with van der Waals surface area (Å²) in [6.07, 6.45) is 9.93. The zero-order valence-electron chi connectivity index (χ0n) is 28.6. The van der Waals surface area contributed by atoms with Crippen LogP contribution < -0.4 is 14.4 Å². The quantitative estimate of drug-likeness (QED) is 0.296. The van der Waals surface area contributed by atoms with Gasteiger partial charge in [-0.2, -0.15) is 0 Å². The topological polar surface area (TPSA) is 134 Å². The number of hydrogen-bond acceptors (Lipinski definition) is 10. The van der Waals surface area contributed by atoms with E-state index in [2.05, 4.69) is 34.7 Å². The Labute approximate surface area is 288 Å². The Bertz CT molecular complexity index is 1690. The van der Waals surface area contributed by atoms with Gasteiger partial charge in [0.1, 0.15) is 17.9 Å². The lowest BCUT2D eigenvalue weighted by Gasteiger charge is -2.46. The van der Waals surface area contributed by atoms with Gasteiger partial charge in [-0.1, -0.05) is 6.07 Å². The van der Waals surface area contributed by atoms with Crippen LogP contribution in [0.15, 0.2) is 53.9 Å². The van der Waals surface area contributed by atoms with Gasteiger partial charge in [-0.05, 0) is 120 Å². The summed E-state index contributed by atoms with van der Waals surface area (Å²) >= 11 is 0. The molecule has 3 aliphatic rings. The van der Waals surface area contributed by atoms with Crippen LogP contribution in [-0.2, 0) is 10.0 Å². The fourth-order valence-corrected chi connectivity index (χ4v) is 8.94. The third-order valence-electron chi connectivity index (χ3n) is 10.5. The number of piperidine rings is 1. The van der Waals surface area contributed by atoms with Crippen molar-refractivity contribution in [2.24, 2.45) is 11.3 Å². The van der Waals surface area contributed by atoms with Crippen molar-refractivity contribution in [1.29, 1.82) is 0 Å². The summed E-state index contributed by atoms with van der Waals surface area (Å²) < 4.78 is 48.9. The molecule has 2 aromatic heterocycles. The summed E-state index contributed by atoms with van der Waals surface area (Å²) in [4.78, 5) is 28.3. The molecule has 0 bridgehead atoms. The predicted octanol–water partition coefficient (Wildman–Crippen LogP) is 4.90. The van der Waals surface area contributed by atoms with Gasteiger partial charge in [0.25, 0.3) is 21.8 Å². The number of likely N-dealkylation sites (tertiary alicyclic amines) is 1. The number of benzene rings is 1. The standard InChI is InChI=1S/C35H47FN8O4S/c1-4-44(25(2)3)34(45)29-21-27(36)8-9-30(29)48-33-32(38-24-39-40-33)43-18-12-26(23-43)22-42-19-15-35(16-20-42)13-10-28(11-14-35)41-49(46,47)31-7-5-6-17-37-31/h5-9,17,21,24-26,28,41H,4,10-16,18-20,22-23H2,1-3H3/t26-/m0/s1. The number of aromatic nitrogens is 4. The van der Waals surface area contributed by atoms with Crippen LogP contribution >= 0.6 is 0 Å². The molecule has 49 heavy (non-hydrogen) atoms. The number of nitrogens with one attached hydrogen (secondary N) is 1. The normalized spacial score (nSPS) is 20.2. The summed E-state index contributed by atoms with van der Waals surface area (Å²) in [7, 11) is -3.60. The van der Waals surface area contributed by atoms with Crippen molar-refractivity contribution in [1.82, 2.24) is 34.7 Å². The van der Waals surface area contributed by atoms with Crippen LogP contribution in [0.4, 0.5) is 10.2 Å². The molecule has 2 aliphatic heterocycles. The first-order chi connectivity index (χ1) is 23.6. The average molecular weight is 695 g/mol. The molecule has 3 aromatic rings. The maximum atomic E-state index is 14.3. The first-order valence-electron chi connectivity index (χ1n) is 17.4. The first-order valence-corrected chi connectivity index (χ1v) is 18.9. The number of amides is 1. The number of nitrogens with zero attached hydrogens (tertiary/aromatic N) is 7. The maximum Gasteiger partial charge on any atom is 0.282 e. The van der Waals surface area contributed by atoms with Crippen molar-refractivity contribution in [2.75, 3.05) is 44.2 Å². The molecule has 12 nitrogen and oxygen atoms in total. The minimum absolute atomic E-state index is 0.0495. The van der Waals surface area contributed by atoms with Gasteiger partial charge in [-0.3, -0.25) is 4.79 Å². The van der Waals surface area contributed by atoms with Crippen LogP contribution in [-0.4, -0.2) is 95.6 Å². The van der Waals surface area contributed by atoms with Crippen molar-refractivity contribution in [3.8, 4) is 11.6 Å². The Morgan fingerprint density at radius 1 is 1.08 bits per heavy atom. The molecule has 1 spiro atoms. The molecule has 2 saturated heterocycles. The van der Waals surface area contributed by atoms with Crippen LogP contribution in [0, 0.1) is 17.2 Å². The fourth-order valence-electron chi connectivity index (χ4n) is 7.69. The van der Waals surface area contributed by atoms with Crippen LogP contribution in [0.1, 0.15) is 76.1 Å². The number of anilines is 1. The molecule has 6 rings (SSSR count). The first kappa shape index (κ1) is 35.1. The summed E-state index contributed by atoms with van der Waals surface area (Å²) in [6, 6.07) is 8.76. The summed E-state index contributed by atoms with van der Waals surface area (Å²) in [5.74, 6) is 0.579. The van der Waals surface area contributed by atoms with E-state index in [4.69, 9.17) is 4.74 Å². The number of pyridine rings is 1. The minimum atomic E-state index is -3.60. The Kier molecular flexibility index (Phi) is 10.8. The molecule has 264 valence electrons. The zero-order chi connectivity index (χ0) is 34.6. The molecule has 1 saturated carbocycles. The minimum Gasteiger partial charge on any atom is -0.434 e. The number of ether oxygens (including phenoxy) is 1. The highest BCUT2D eigenvalue weighted by atomic mass is 32.2. The van der Waals surface area contributed by atoms with E-state index >= 15 is 0 Å². The molecule has 1 amide bonds. The highest BCUT2D eigenvalue weighted by Gasteiger charge is 2.40. The number of carbonyl (C=O) groups excluding carboxylic acids is 1. The van der Waals surface area contributed by atoms with Crippen molar-refractivity contribution in [3.63, 3.8) is 0 Å². The second-order valence-corrected chi connectivity index (χ2v) is 15.6. The van der Waals surface area contributed by atoms with Gasteiger partial charge in [0, 0.05) is 44.5 Å². The van der Waals surface area contributed by atoms with Gasteiger partial charge in [-0.15, -0.1) is 10.2 Å². The highest BCUT2D eigenvalue weighted by Crippen LogP contribution is 2.45. The van der Waals surface area contributed by atoms with Crippen LogP contribution in [0.2, 0.25) is 0 Å². The summed E-state index contributed by atoms with van der Waals surface area (Å²) in [5, 5.41) is 8.25. The SMILES string of the molecule is CCN(C(=O)c1cc(F)ccc1Oc1nncnc1N1CC[C@@H](CN2CCC3(CCC(NS(=O)(=O)c4ccccn4)CC3)CC2)C1)C(C)C. The predicted molar refractivity (Wildman–Crippen MR) is 183 cm³/mol. The van der Waals surface area contributed by atoms with Gasteiger partial charge < -0.3 is 19.4 Å². The van der Waals surface area contributed by atoms with Gasteiger partial charge >= 0.3 is 0 Å². The molecule has 3 fully saturated rings.